The van der Waals surface area contributed by atoms with Crippen molar-refractivity contribution in [3.8, 4) is 11.1 Å². The lowest BCUT2D eigenvalue weighted by atomic mass is 10.1. The number of hydrogen-bond acceptors (Lipinski definition) is 3. The van der Waals surface area contributed by atoms with Crippen molar-refractivity contribution in [1.29, 1.82) is 0 Å². The molecule has 1 fully saturated rings. The Labute approximate surface area is 172 Å². The number of hydrogen-bond donors (Lipinski definition) is 2. The normalized spacial score (nSPS) is 13.7. The van der Waals surface area contributed by atoms with Crippen molar-refractivity contribution >= 4 is 18.3 Å². The molecule has 2 heterocycles. The van der Waals surface area contributed by atoms with Crippen LogP contribution in [0.2, 0.25) is 0 Å². The Bertz CT molecular complexity index is 976. The molecule has 0 unspecified atom stereocenters. The van der Waals surface area contributed by atoms with Gasteiger partial charge in [0, 0.05) is 30.2 Å². The van der Waals surface area contributed by atoms with E-state index < -0.39 is 17.3 Å². The van der Waals surface area contributed by atoms with Gasteiger partial charge in [0.1, 0.15) is 0 Å². The van der Waals surface area contributed by atoms with Gasteiger partial charge in [-0.15, -0.1) is 12.6 Å². The van der Waals surface area contributed by atoms with Crippen LogP contribution in [0.3, 0.4) is 0 Å². The Morgan fingerprint density at radius 3 is 2.14 bits per heavy atom. The van der Waals surface area contributed by atoms with Crippen molar-refractivity contribution in [2.45, 2.75) is 23.9 Å². The average Bonchev–Trinajstić information content (AvgIpc) is 3.23. The standard InChI is InChI=1S/C16H17NS.C6H4F3NO/c18-16-12-14(13-6-2-1-3-7-13)8-9-15(16)17-10-4-5-11-17;7-6(8,9)4-1-2-5(11)10-3-4/h1-3,6-9,12,18H,4-5,10-11H2;1-3H,(H,10,11). The van der Waals surface area contributed by atoms with E-state index in [1.807, 2.05) is 11.1 Å². The number of halogens is 3. The number of H-pyrrole nitrogens is 1. The zero-order valence-corrected chi connectivity index (χ0v) is 16.5. The maximum absolute atomic E-state index is 11.8. The third kappa shape index (κ3) is 5.67. The molecule has 1 saturated heterocycles. The molecular formula is C22H21F3N2OS. The summed E-state index contributed by atoms with van der Waals surface area (Å²) in [5.74, 6) is 0. The predicted octanol–water partition coefficient (Wildman–Crippen LogP) is 5.64. The minimum atomic E-state index is -4.38. The SMILES string of the molecule is O=c1ccc(C(F)(F)F)c[nH]1.Sc1cc(-c2ccccc2)ccc1N1CCCC1. The molecule has 0 amide bonds. The quantitative estimate of drug-likeness (QED) is 0.529. The van der Waals surface area contributed by atoms with Crippen molar-refractivity contribution in [2.24, 2.45) is 0 Å². The molecule has 2 aromatic carbocycles. The molecule has 0 saturated carbocycles. The van der Waals surface area contributed by atoms with Crippen molar-refractivity contribution < 1.29 is 13.2 Å². The molecule has 1 aliphatic heterocycles. The molecule has 0 radical (unpaired) electrons. The van der Waals surface area contributed by atoms with Crippen molar-refractivity contribution in [3.05, 3.63) is 82.8 Å². The second-order valence-electron chi connectivity index (χ2n) is 6.70. The monoisotopic (exact) mass is 418 g/mol. The molecule has 1 aliphatic rings. The summed E-state index contributed by atoms with van der Waals surface area (Å²) in [5, 5.41) is 0. The predicted molar refractivity (Wildman–Crippen MR) is 113 cm³/mol. The van der Waals surface area contributed by atoms with Crippen LogP contribution in [0.4, 0.5) is 18.9 Å². The summed E-state index contributed by atoms with van der Waals surface area (Å²) < 4.78 is 35.4. The van der Waals surface area contributed by atoms with Gasteiger partial charge < -0.3 is 9.88 Å². The first-order valence-corrected chi connectivity index (χ1v) is 9.68. The van der Waals surface area contributed by atoms with Gasteiger partial charge in [-0.05, 0) is 42.2 Å². The van der Waals surface area contributed by atoms with Crippen LogP contribution in [0.1, 0.15) is 18.4 Å². The first kappa shape index (κ1) is 21.0. The van der Waals surface area contributed by atoms with E-state index in [1.54, 1.807) is 0 Å². The number of alkyl halides is 3. The Morgan fingerprint density at radius 2 is 1.59 bits per heavy atom. The maximum Gasteiger partial charge on any atom is 0.417 e. The van der Waals surface area contributed by atoms with Gasteiger partial charge in [-0.25, -0.2) is 0 Å². The van der Waals surface area contributed by atoms with E-state index in [2.05, 4.69) is 60.0 Å². The molecule has 7 heteroatoms. The lowest BCUT2D eigenvalue weighted by Crippen LogP contribution is -2.17. The third-order valence-electron chi connectivity index (χ3n) is 4.64. The van der Waals surface area contributed by atoms with E-state index in [9.17, 15) is 18.0 Å². The number of anilines is 1. The van der Waals surface area contributed by atoms with Gasteiger partial charge in [0.2, 0.25) is 5.56 Å². The van der Waals surface area contributed by atoms with E-state index in [0.717, 1.165) is 30.1 Å². The van der Waals surface area contributed by atoms with Gasteiger partial charge in [-0.1, -0.05) is 36.4 Å². The number of thiol groups is 1. The highest BCUT2D eigenvalue weighted by Gasteiger charge is 2.30. The number of benzene rings is 2. The highest BCUT2D eigenvalue weighted by atomic mass is 32.1. The van der Waals surface area contributed by atoms with Crippen molar-refractivity contribution in [2.75, 3.05) is 18.0 Å². The Hall–Kier alpha value is -2.67. The molecule has 0 aliphatic carbocycles. The molecule has 152 valence electrons. The summed E-state index contributed by atoms with van der Waals surface area (Å²) >= 11 is 4.65. The number of pyridine rings is 1. The lowest BCUT2D eigenvalue weighted by Gasteiger charge is -2.20. The van der Waals surface area contributed by atoms with Crippen LogP contribution in [-0.2, 0) is 6.18 Å². The topological polar surface area (TPSA) is 36.1 Å². The molecule has 1 aromatic heterocycles. The number of nitrogens with zero attached hydrogens (tertiary/aromatic N) is 1. The smallest absolute Gasteiger partial charge is 0.371 e. The van der Waals surface area contributed by atoms with Crippen LogP contribution in [-0.4, -0.2) is 18.1 Å². The third-order valence-corrected chi connectivity index (χ3v) is 5.00. The van der Waals surface area contributed by atoms with Crippen molar-refractivity contribution in [1.82, 2.24) is 4.98 Å². The van der Waals surface area contributed by atoms with E-state index in [1.165, 1.54) is 29.7 Å². The molecule has 0 spiro atoms. The van der Waals surface area contributed by atoms with E-state index in [0.29, 0.717) is 6.20 Å². The second-order valence-corrected chi connectivity index (χ2v) is 7.18. The summed E-state index contributed by atoms with van der Waals surface area (Å²) in [6, 6.07) is 18.6. The molecule has 4 rings (SSSR count). The van der Waals surface area contributed by atoms with Crippen LogP contribution < -0.4 is 10.5 Å². The summed E-state index contributed by atoms with van der Waals surface area (Å²) in [6.07, 6.45) is -1.14. The molecule has 0 bridgehead atoms. The Balaban J connectivity index is 0.000000188. The van der Waals surface area contributed by atoms with Crippen molar-refractivity contribution in [3.63, 3.8) is 0 Å². The largest absolute Gasteiger partial charge is 0.417 e. The van der Waals surface area contributed by atoms with Gasteiger partial charge in [-0.2, -0.15) is 13.2 Å². The molecular weight excluding hydrogens is 397 g/mol. The van der Waals surface area contributed by atoms with Crippen LogP contribution in [0.15, 0.2) is 76.6 Å². The number of aromatic amines is 1. The van der Waals surface area contributed by atoms with Crippen LogP contribution in [0.5, 0.6) is 0 Å². The van der Waals surface area contributed by atoms with Gasteiger partial charge in [0.05, 0.1) is 11.3 Å². The fraction of sp³-hybridized carbons (Fsp3) is 0.227. The fourth-order valence-electron chi connectivity index (χ4n) is 3.15. The molecule has 29 heavy (non-hydrogen) atoms. The number of aromatic nitrogens is 1. The van der Waals surface area contributed by atoms with Gasteiger partial charge in [-0.3, -0.25) is 4.79 Å². The number of nitrogens with one attached hydrogen (secondary N) is 1. The molecule has 3 nitrogen and oxygen atoms in total. The van der Waals surface area contributed by atoms with Crippen LogP contribution in [0, 0.1) is 0 Å². The van der Waals surface area contributed by atoms with Gasteiger partial charge in [0.15, 0.2) is 0 Å². The van der Waals surface area contributed by atoms with Crippen LogP contribution in [0.25, 0.3) is 11.1 Å². The highest BCUT2D eigenvalue weighted by Crippen LogP contribution is 2.31. The van der Waals surface area contributed by atoms with Gasteiger partial charge >= 0.3 is 6.18 Å². The summed E-state index contributed by atoms with van der Waals surface area (Å²) in [4.78, 5) is 15.8. The van der Waals surface area contributed by atoms with E-state index >= 15 is 0 Å². The highest BCUT2D eigenvalue weighted by molar-refractivity contribution is 7.80. The lowest BCUT2D eigenvalue weighted by molar-refractivity contribution is -0.137. The number of rotatable bonds is 2. The Kier molecular flexibility index (Phi) is 6.69. The minimum absolute atomic E-state index is 0.544. The zero-order valence-electron chi connectivity index (χ0n) is 15.6. The second kappa shape index (κ2) is 9.22. The minimum Gasteiger partial charge on any atom is -0.371 e. The summed E-state index contributed by atoms with van der Waals surface area (Å²) in [5.41, 5.74) is 2.37. The fourth-order valence-corrected chi connectivity index (χ4v) is 3.50. The molecule has 3 aromatic rings. The molecule has 0 atom stereocenters. The van der Waals surface area contributed by atoms with Crippen LogP contribution >= 0.6 is 12.6 Å². The van der Waals surface area contributed by atoms with E-state index in [-0.39, 0.29) is 0 Å². The first-order valence-electron chi connectivity index (χ1n) is 9.24. The zero-order chi connectivity index (χ0) is 20.9. The summed E-state index contributed by atoms with van der Waals surface area (Å²) in [7, 11) is 0. The first-order chi connectivity index (χ1) is 13.8. The summed E-state index contributed by atoms with van der Waals surface area (Å²) in [6.45, 7) is 2.33. The maximum atomic E-state index is 11.8. The average molecular weight is 418 g/mol. The Morgan fingerprint density at radius 1 is 0.897 bits per heavy atom. The van der Waals surface area contributed by atoms with Gasteiger partial charge in [0.25, 0.3) is 0 Å². The molecule has 1 N–H and O–H groups in total. The van der Waals surface area contributed by atoms with E-state index in [4.69, 9.17) is 0 Å².